The quantitative estimate of drug-likeness (QED) is 0.660. The highest BCUT2D eigenvalue weighted by atomic mass is 16.7. The number of rotatable bonds is 0. The van der Waals surface area contributed by atoms with Crippen molar-refractivity contribution < 1.29 is 9.47 Å². The Morgan fingerprint density at radius 2 is 1.71 bits per heavy atom. The molecule has 1 aromatic rings. The van der Waals surface area contributed by atoms with E-state index in [1.54, 1.807) is 0 Å². The Hall–Kier alpha value is -1.18. The van der Waals surface area contributed by atoms with Crippen molar-refractivity contribution in [3.63, 3.8) is 0 Å². The van der Waals surface area contributed by atoms with Crippen LogP contribution in [0.25, 0.3) is 0 Å². The van der Waals surface area contributed by atoms with Crippen LogP contribution in [-0.4, -0.2) is 5.79 Å². The number of hydrogen-bond acceptors (Lipinski definition) is 2. The maximum atomic E-state index is 6.04. The van der Waals surface area contributed by atoms with Crippen LogP contribution in [0.3, 0.4) is 0 Å². The minimum Gasteiger partial charge on any atom is -0.448 e. The summed E-state index contributed by atoms with van der Waals surface area (Å²) in [6.45, 7) is 6.07. The smallest absolute Gasteiger partial charge is 0.251 e. The van der Waals surface area contributed by atoms with Gasteiger partial charge in [0.05, 0.1) is 0 Å². The monoisotopic (exact) mass is 234 g/mol. The van der Waals surface area contributed by atoms with Gasteiger partial charge >= 0.3 is 0 Å². The van der Waals surface area contributed by atoms with Gasteiger partial charge in [-0.25, -0.2) is 0 Å². The van der Waals surface area contributed by atoms with Crippen molar-refractivity contribution in [2.75, 3.05) is 0 Å². The van der Waals surface area contributed by atoms with Crippen molar-refractivity contribution in [3.05, 3.63) is 23.8 Å². The normalized spacial score (nSPS) is 19.7. The summed E-state index contributed by atoms with van der Waals surface area (Å²) in [4.78, 5) is 0. The lowest BCUT2D eigenvalue weighted by molar-refractivity contribution is -0.105. The third-order valence-corrected chi connectivity index (χ3v) is 3.38. The van der Waals surface area contributed by atoms with E-state index in [0.29, 0.717) is 0 Å². The molecule has 1 fully saturated rings. The van der Waals surface area contributed by atoms with Gasteiger partial charge in [0.15, 0.2) is 11.5 Å². The number of hydrogen-bond donors (Lipinski definition) is 0. The number of fused-ring (bicyclic) bond motifs is 1. The highest BCUT2D eigenvalue weighted by molar-refractivity contribution is 5.48. The molecule has 0 aromatic heterocycles. The maximum absolute atomic E-state index is 6.04. The fourth-order valence-corrected chi connectivity index (χ4v) is 2.54. The van der Waals surface area contributed by atoms with Crippen molar-refractivity contribution in [3.8, 4) is 11.5 Å². The molecule has 1 heterocycles. The molecule has 0 bridgehead atoms. The summed E-state index contributed by atoms with van der Waals surface area (Å²) in [6.07, 6.45) is 5.80. The predicted molar refractivity (Wildman–Crippen MR) is 69.6 cm³/mol. The van der Waals surface area contributed by atoms with Gasteiger partial charge < -0.3 is 9.47 Å². The largest absolute Gasteiger partial charge is 0.448 e. The zero-order valence-electron chi connectivity index (χ0n) is 11.1. The van der Waals surface area contributed by atoms with Crippen LogP contribution < -0.4 is 9.47 Å². The second-order valence-electron chi connectivity index (χ2n) is 4.58. The molecule has 2 heteroatoms. The average molecular weight is 234 g/mol. The lowest BCUT2D eigenvalue weighted by atomic mass is 9.94. The number of ether oxygens (including phenoxy) is 2. The molecule has 2 nitrogen and oxygen atoms in total. The van der Waals surface area contributed by atoms with Crippen LogP contribution in [-0.2, 0) is 0 Å². The molecular weight excluding hydrogens is 212 g/mol. The molecule has 0 unspecified atom stereocenters. The summed E-state index contributed by atoms with van der Waals surface area (Å²) in [5, 5.41) is 0. The maximum Gasteiger partial charge on any atom is 0.251 e. The van der Waals surface area contributed by atoms with E-state index in [1.807, 2.05) is 26.0 Å². The first-order valence-electron chi connectivity index (χ1n) is 6.77. The van der Waals surface area contributed by atoms with Gasteiger partial charge in [0.2, 0.25) is 0 Å². The van der Waals surface area contributed by atoms with E-state index in [-0.39, 0.29) is 5.79 Å². The van der Waals surface area contributed by atoms with E-state index >= 15 is 0 Å². The third-order valence-electron chi connectivity index (χ3n) is 3.38. The van der Waals surface area contributed by atoms with Crippen LogP contribution in [0.2, 0.25) is 0 Å². The van der Waals surface area contributed by atoms with Crippen molar-refractivity contribution in [2.24, 2.45) is 0 Å². The molecular formula is C15H22O2. The Kier molecular flexibility index (Phi) is 3.60. The zero-order valence-corrected chi connectivity index (χ0v) is 11.1. The van der Waals surface area contributed by atoms with Crippen LogP contribution in [0.5, 0.6) is 11.5 Å². The van der Waals surface area contributed by atoms with E-state index < -0.39 is 0 Å². The summed E-state index contributed by atoms with van der Waals surface area (Å²) >= 11 is 0. The highest BCUT2D eigenvalue weighted by Gasteiger charge is 2.42. The van der Waals surface area contributed by atoms with Gasteiger partial charge in [-0.2, -0.15) is 0 Å². The average Bonchev–Trinajstić information content (AvgIpc) is 2.72. The van der Waals surface area contributed by atoms with Crippen molar-refractivity contribution in [1.82, 2.24) is 0 Å². The van der Waals surface area contributed by atoms with Gasteiger partial charge in [0.1, 0.15) is 0 Å². The summed E-state index contributed by atoms with van der Waals surface area (Å²) in [7, 11) is 0. The molecule has 1 spiro atoms. The fourth-order valence-electron chi connectivity index (χ4n) is 2.54. The molecule has 1 aliphatic carbocycles. The first-order valence-corrected chi connectivity index (χ1v) is 6.77. The van der Waals surface area contributed by atoms with Gasteiger partial charge in [-0.1, -0.05) is 32.4 Å². The van der Waals surface area contributed by atoms with Crippen molar-refractivity contribution in [2.45, 2.75) is 58.7 Å². The summed E-state index contributed by atoms with van der Waals surface area (Å²) in [5.74, 6) is 1.56. The Morgan fingerprint density at radius 3 is 2.35 bits per heavy atom. The Balaban J connectivity index is 0.000000514. The first kappa shape index (κ1) is 12.3. The van der Waals surface area contributed by atoms with Crippen LogP contribution in [0.4, 0.5) is 0 Å². The summed E-state index contributed by atoms with van der Waals surface area (Å²) < 4.78 is 12.0. The lowest BCUT2D eigenvalue weighted by Gasteiger charge is -2.31. The Bertz CT molecular complexity index is 379. The molecule has 3 rings (SSSR count). The van der Waals surface area contributed by atoms with Gasteiger partial charge in [-0.3, -0.25) is 0 Å². The van der Waals surface area contributed by atoms with Crippen molar-refractivity contribution in [1.29, 1.82) is 0 Å². The SMILES string of the molecule is CC.Cc1cccc2c1OC1(CCCCC1)O2. The van der Waals surface area contributed by atoms with Gasteiger partial charge in [-0.05, 0) is 31.4 Å². The van der Waals surface area contributed by atoms with Gasteiger partial charge in [-0.15, -0.1) is 0 Å². The highest BCUT2D eigenvalue weighted by Crippen LogP contribution is 2.46. The minimum atomic E-state index is -0.327. The molecule has 0 amide bonds. The van der Waals surface area contributed by atoms with E-state index in [1.165, 1.54) is 24.8 Å². The molecule has 1 aliphatic heterocycles. The molecule has 0 saturated heterocycles. The van der Waals surface area contributed by atoms with Crippen LogP contribution in [0.15, 0.2) is 18.2 Å². The summed E-state index contributed by atoms with van der Waals surface area (Å²) in [6, 6.07) is 6.11. The Labute approximate surface area is 104 Å². The molecule has 1 aromatic carbocycles. The molecule has 0 N–H and O–H groups in total. The molecule has 0 radical (unpaired) electrons. The fraction of sp³-hybridized carbons (Fsp3) is 0.600. The topological polar surface area (TPSA) is 18.5 Å². The third kappa shape index (κ3) is 2.26. The molecule has 0 atom stereocenters. The molecule has 2 aliphatic rings. The Morgan fingerprint density at radius 1 is 1.00 bits per heavy atom. The molecule has 94 valence electrons. The predicted octanol–water partition coefficient (Wildman–Crippen LogP) is 4.45. The number of aryl methyl sites for hydroxylation is 1. The van der Waals surface area contributed by atoms with E-state index in [9.17, 15) is 0 Å². The molecule has 1 saturated carbocycles. The van der Waals surface area contributed by atoms with Gasteiger partial charge in [0.25, 0.3) is 5.79 Å². The molecule has 17 heavy (non-hydrogen) atoms. The van der Waals surface area contributed by atoms with Crippen LogP contribution in [0.1, 0.15) is 51.5 Å². The van der Waals surface area contributed by atoms with Crippen molar-refractivity contribution >= 4 is 0 Å². The van der Waals surface area contributed by atoms with Gasteiger partial charge in [0, 0.05) is 12.8 Å². The van der Waals surface area contributed by atoms with Crippen LogP contribution in [0, 0.1) is 6.92 Å². The van der Waals surface area contributed by atoms with E-state index in [2.05, 4.69) is 13.0 Å². The standard InChI is InChI=1S/C13H16O2.C2H6/c1-10-6-5-7-11-12(10)15-13(14-11)8-3-2-4-9-13;1-2/h5-7H,2-4,8-9H2,1H3;1-2H3. The zero-order chi connectivity index (χ0) is 12.3. The minimum absolute atomic E-state index is 0.327. The number of benzene rings is 1. The first-order chi connectivity index (χ1) is 8.29. The van der Waals surface area contributed by atoms with E-state index in [0.717, 1.165) is 24.3 Å². The van der Waals surface area contributed by atoms with Crippen LogP contribution >= 0.6 is 0 Å². The number of para-hydroxylation sites is 1. The second-order valence-corrected chi connectivity index (χ2v) is 4.58. The second kappa shape index (κ2) is 4.99. The van der Waals surface area contributed by atoms with E-state index in [4.69, 9.17) is 9.47 Å². The lowest BCUT2D eigenvalue weighted by Crippen LogP contribution is -2.40. The summed E-state index contributed by atoms with van der Waals surface area (Å²) in [5.41, 5.74) is 1.18.